The number of hydrogen-bond donors (Lipinski definition) is 17. The Hall–Kier alpha value is -8.78. The molecule has 76 heavy (non-hydrogen) atoms. The molecule has 0 aliphatic carbocycles. The Bertz CT molecular complexity index is 2560. The van der Waals surface area contributed by atoms with Crippen molar-refractivity contribution in [3.05, 3.63) is 71.9 Å². The van der Waals surface area contributed by atoms with E-state index >= 15 is 0 Å². The standard InChI is InChI=1S/C49H71N17O10/c1-27(67)60-33(14-8-22-57-48(52)53)42(71)62-34-15-7-21-56-40(69)20-18-32(41(51)70)61-47(76)38(25-29-26-59-31-13-6-5-12-30(29)31)66-44(73)35(16-9-23-58-49(54)55)63-46(75)37(24-28-10-3-2-4-11-28)65-45(74)36(64-43(34)72)17-19-39(50)68/h2-6,10-13,26,32-38,59H,7-9,14-25H2,1H3,(H2,50,68)(H2,51,70)(H,56,69)(H,60,67)(H,61,76)(H,62,71)(H,63,75)(H,64,72)(H,65,74)(H,66,73)(H4,52,53,57)(H4,54,55,58)/t32?,33-,34-,35-,36-,37?,38-/m0/s1. The fourth-order valence-electron chi connectivity index (χ4n) is 8.27. The molecule has 27 nitrogen and oxygen atoms in total. The molecule has 1 aliphatic rings. The lowest BCUT2D eigenvalue weighted by atomic mass is 10.0. The maximum Gasteiger partial charge on any atom is 0.243 e. The van der Waals surface area contributed by atoms with Crippen molar-refractivity contribution in [1.82, 2.24) is 58.2 Å². The molecular weight excluding hydrogens is 987 g/mol. The van der Waals surface area contributed by atoms with Crippen molar-refractivity contribution >= 4 is 81.9 Å². The van der Waals surface area contributed by atoms with Gasteiger partial charge in [-0.2, -0.15) is 0 Å². The molecule has 1 fully saturated rings. The zero-order chi connectivity index (χ0) is 55.7. The molecule has 10 amide bonds. The van der Waals surface area contributed by atoms with Gasteiger partial charge in [0.05, 0.1) is 0 Å². The highest BCUT2D eigenvalue weighted by Gasteiger charge is 2.35. The molecule has 3 aromatic rings. The molecule has 0 saturated carbocycles. The lowest BCUT2D eigenvalue weighted by molar-refractivity contribution is -0.136. The maximum atomic E-state index is 14.6. The molecule has 1 aliphatic heterocycles. The molecule has 2 unspecified atom stereocenters. The van der Waals surface area contributed by atoms with Crippen LogP contribution in [0.1, 0.15) is 82.3 Å². The molecule has 7 atom stereocenters. The van der Waals surface area contributed by atoms with Crippen molar-refractivity contribution in [3.63, 3.8) is 0 Å². The zero-order valence-corrected chi connectivity index (χ0v) is 42.3. The van der Waals surface area contributed by atoms with Gasteiger partial charge in [0.2, 0.25) is 59.1 Å². The van der Waals surface area contributed by atoms with Crippen LogP contribution in [0.3, 0.4) is 0 Å². The molecule has 0 spiro atoms. The van der Waals surface area contributed by atoms with Crippen molar-refractivity contribution in [1.29, 1.82) is 10.8 Å². The summed E-state index contributed by atoms with van der Waals surface area (Å²) in [7, 11) is 0. The summed E-state index contributed by atoms with van der Waals surface area (Å²) in [6, 6.07) is 5.83. The molecule has 27 heteroatoms. The molecule has 0 radical (unpaired) electrons. The number of hydrogen-bond acceptors (Lipinski definition) is 12. The average molecular weight is 1060 g/mol. The van der Waals surface area contributed by atoms with E-state index in [1.165, 1.54) is 6.92 Å². The largest absolute Gasteiger partial charge is 0.370 e. The van der Waals surface area contributed by atoms with E-state index in [9.17, 15) is 47.9 Å². The first-order valence-electron chi connectivity index (χ1n) is 24.9. The van der Waals surface area contributed by atoms with Gasteiger partial charge in [0.25, 0.3) is 0 Å². The summed E-state index contributed by atoms with van der Waals surface area (Å²) >= 11 is 0. The SMILES string of the molecule is CC(=O)N[C@@H](CCCNC(=N)N)C(=O)N[C@H]1CCCNC(=O)CCC(C(N)=O)NC(=O)[C@H](Cc2c[nH]c3ccccc23)NC(=O)[C@H](CCCNC(=N)N)NC(=O)C(Cc2ccccc2)NC(=O)[C@H](CCC(N)=O)NC1=O. The van der Waals surface area contributed by atoms with Gasteiger partial charge in [-0.1, -0.05) is 48.5 Å². The van der Waals surface area contributed by atoms with Crippen LogP contribution < -0.4 is 76.1 Å². The number of H-pyrrole nitrogens is 1. The fourth-order valence-corrected chi connectivity index (χ4v) is 8.27. The Morgan fingerprint density at radius 3 is 1.91 bits per heavy atom. The minimum absolute atomic E-state index is 0.0338. The second-order valence-corrected chi connectivity index (χ2v) is 18.3. The normalized spacial score (nSPS) is 20.9. The molecule has 4 rings (SSSR count). The predicted octanol–water partition coefficient (Wildman–Crippen LogP) is -3.67. The van der Waals surface area contributed by atoms with E-state index in [1.54, 1.807) is 54.7 Å². The van der Waals surface area contributed by atoms with E-state index in [4.69, 9.17) is 33.8 Å². The van der Waals surface area contributed by atoms with Crippen molar-refractivity contribution < 1.29 is 47.9 Å². The summed E-state index contributed by atoms with van der Waals surface area (Å²) in [5.74, 6) is -8.90. The first-order chi connectivity index (χ1) is 36.2. The molecule has 1 saturated heterocycles. The van der Waals surface area contributed by atoms with Gasteiger partial charge in [-0.3, -0.25) is 58.8 Å². The highest BCUT2D eigenvalue weighted by atomic mass is 16.2. The van der Waals surface area contributed by atoms with Crippen LogP contribution >= 0.6 is 0 Å². The van der Waals surface area contributed by atoms with Gasteiger partial charge in [0, 0.05) is 69.3 Å². The fraction of sp³-hybridized carbons (Fsp3) is 0.469. The van der Waals surface area contributed by atoms with Gasteiger partial charge in [0.1, 0.15) is 42.3 Å². The lowest BCUT2D eigenvalue weighted by Crippen LogP contribution is -2.60. The van der Waals surface area contributed by atoms with Crippen molar-refractivity contribution in [3.8, 4) is 0 Å². The van der Waals surface area contributed by atoms with Crippen molar-refractivity contribution in [2.24, 2.45) is 22.9 Å². The van der Waals surface area contributed by atoms with Crippen LogP contribution in [-0.2, 0) is 60.8 Å². The number of fused-ring (bicyclic) bond motifs is 1. The second kappa shape index (κ2) is 30.4. The van der Waals surface area contributed by atoms with E-state index in [1.807, 2.05) is 6.07 Å². The molecular formula is C49H71N17O10. The van der Waals surface area contributed by atoms with Crippen LogP contribution in [-0.4, -0.2) is 138 Å². The van der Waals surface area contributed by atoms with Crippen LogP contribution in [0.2, 0.25) is 0 Å². The lowest BCUT2D eigenvalue weighted by Gasteiger charge is -2.28. The van der Waals surface area contributed by atoms with Crippen LogP contribution in [0.15, 0.2) is 60.8 Å². The topological polar surface area (TPSA) is 459 Å². The third kappa shape index (κ3) is 20.6. The number of nitrogens with two attached hydrogens (primary N) is 4. The van der Waals surface area contributed by atoms with E-state index in [0.717, 1.165) is 10.9 Å². The minimum Gasteiger partial charge on any atom is -0.370 e. The first-order valence-corrected chi connectivity index (χ1v) is 24.9. The summed E-state index contributed by atoms with van der Waals surface area (Å²) < 4.78 is 0. The number of rotatable bonds is 19. The minimum atomic E-state index is -1.56. The van der Waals surface area contributed by atoms with Gasteiger partial charge >= 0.3 is 0 Å². The summed E-state index contributed by atoms with van der Waals surface area (Å²) in [5, 5.41) is 42.0. The number of primary amides is 2. The third-order valence-corrected chi connectivity index (χ3v) is 12.2. The highest BCUT2D eigenvalue weighted by molar-refractivity contribution is 5.98. The Kier molecular flexibility index (Phi) is 23.9. The average Bonchev–Trinajstić information content (AvgIpc) is 3.78. The quantitative estimate of drug-likeness (QED) is 0.0313. The number of amides is 10. The van der Waals surface area contributed by atoms with Gasteiger partial charge in [-0.15, -0.1) is 0 Å². The van der Waals surface area contributed by atoms with E-state index in [0.29, 0.717) is 11.1 Å². The Balaban J connectivity index is 1.78. The molecule has 0 bridgehead atoms. The number of aromatic nitrogens is 1. The van der Waals surface area contributed by atoms with Crippen molar-refractivity contribution in [2.75, 3.05) is 19.6 Å². The van der Waals surface area contributed by atoms with E-state index < -0.39 is 108 Å². The van der Waals surface area contributed by atoms with Crippen LogP contribution in [0, 0.1) is 10.8 Å². The number of carbonyl (C=O) groups excluding carboxylic acids is 10. The Morgan fingerprint density at radius 1 is 0.684 bits per heavy atom. The molecule has 1 aromatic heterocycles. The monoisotopic (exact) mass is 1060 g/mol. The number of benzene rings is 2. The van der Waals surface area contributed by atoms with Gasteiger partial charge in [-0.05, 0) is 68.6 Å². The maximum absolute atomic E-state index is 14.6. The van der Waals surface area contributed by atoms with Crippen LogP contribution in [0.4, 0.5) is 0 Å². The Labute approximate surface area is 438 Å². The molecule has 412 valence electrons. The molecule has 2 aromatic carbocycles. The first kappa shape index (κ1) is 59.8. The predicted molar refractivity (Wildman–Crippen MR) is 279 cm³/mol. The number of nitrogens with one attached hydrogen (secondary N) is 13. The van der Waals surface area contributed by atoms with Gasteiger partial charge in [0.15, 0.2) is 11.9 Å². The molecule has 21 N–H and O–H groups in total. The molecule has 2 heterocycles. The summed E-state index contributed by atoms with van der Waals surface area (Å²) in [6.07, 6.45) is 0.177. The Morgan fingerprint density at radius 2 is 1.26 bits per heavy atom. The summed E-state index contributed by atoms with van der Waals surface area (Å²) in [5.41, 5.74) is 24.0. The highest BCUT2D eigenvalue weighted by Crippen LogP contribution is 2.20. The second-order valence-electron chi connectivity index (χ2n) is 18.3. The number of para-hydroxylation sites is 1. The van der Waals surface area contributed by atoms with E-state index in [2.05, 4.69) is 58.2 Å². The van der Waals surface area contributed by atoms with Gasteiger partial charge in [-0.25, -0.2) is 0 Å². The number of aromatic amines is 1. The van der Waals surface area contributed by atoms with Crippen LogP contribution in [0.25, 0.3) is 10.9 Å². The smallest absolute Gasteiger partial charge is 0.243 e. The summed E-state index contributed by atoms with van der Waals surface area (Å²) in [4.78, 5) is 139. The number of guanidine groups is 2. The van der Waals surface area contributed by atoms with Crippen molar-refractivity contribution in [2.45, 2.75) is 126 Å². The number of carbonyl (C=O) groups is 10. The van der Waals surface area contributed by atoms with Gasteiger partial charge < -0.3 is 81.1 Å². The third-order valence-electron chi connectivity index (χ3n) is 12.2. The van der Waals surface area contributed by atoms with Crippen LogP contribution in [0.5, 0.6) is 0 Å². The summed E-state index contributed by atoms with van der Waals surface area (Å²) in [6.45, 7) is 1.37. The zero-order valence-electron chi connectivity index (χ0n) is 42.3. The van der Waals surface area contributed by atoms with E-state index in [-0.39, 0.29) is 102 Å².